The number of ether oxygens (including phenoxy) is 2. The van der Waals surface area contributed by atoms with Crippen LogP contribution in [0, 0.1) is 12.3 Å². The van der Waals surface area contributed by atoms with Gasteiger partial charge in [0.1, 0.15) is 0 Å². The largest absolute Gasteiger partial charge is 0.493 e. The van der Waals surface area contributed by atoms with Gasteiger partial charge in [-0.1, -0.05) is 0 Å². The molecule has 0 aliphatic carbocycles. The first-order chi connectivity index (χ1) is 9.12. The summed E-state index contributed by atoms with van der Waals surface area (Å²) in [7, 11) is 1.54. The molecule has 1 unspecified atom stereocenters. The maximum absolute atomic E-state index is 11.7. The molecule has 0 aromatic heterocycles. The van der Waals surface area contributed by atoms with Crippen LogP contribution in [0.15, 0.2) is 18.2 Å². The minimum atomic E-state index is -0.720. The van der Waals surface area contributed by atoms with Crippen molar-refractivity contribution in [1.82, 2.24) is 0 Å². The standard InChI is InChI=1S/C14H18N2O3/c1-4-6-11(15)14(17)16-10-7-8-12(19-5-2)13(9-10)18-3/h1,7-9,11H,5-6,15H2,2-3H3,(H,16,17). The summed E-state index contributed by atoms with van der Waals surface area (Å²) >= 11 is 0. The fraction of sp³-hybridized carbons (Fsp3) is 0.357. The smallest absolute Gasteiger partial charge is 0.242 e. The van der Waals surface area contributed by atoms with Gasteiger partial charge in [0.15, 0.2) is 11.5 Å². The lowest BCUT2D eigenvalue weighted by Crippen LogP contribution is -2.35. The second-order valence-electron chi connectivity index (χ2n) is 3.80. The van der Waals surface area contributed by atoms with E-state index in [0.29, 0.717) is 23.8 Å². The highest BCUT2D eigenvalue weighted by atomic mass is 16.5. The first kappa shape index (κ1) is 14.9. The van der Waals surface area contributed by atoms with Crippen LogP contribution < -0.4 is 20.5 Å². The number of amides is 1. The highest BCUT2D eigenvalue weighted by Gasteiger charge is 2.13. The number of hydrogen-bond acceptors (Lipinski definition) is 4. The predicted molar refractivity (Wildman–Crippen MR) is 74.2 cm³/mol. The monoisotopic (exact) mass is 262 g/mol. The van der Waals surface area contributed by atoms with Crippen LogP contribution in [0.4, 0.5) is 5.69 Å². The fourth-order valence-electron chi connectivity index (χ4n) is 1.47. The van der Waals surface area contributed by atoms with Gasteiger partial charge < -0.3 is 20.5 Å². The Hall–Kier alpha value is -2.19. The molecule has 0 fully saturated rings. The maximum atomic E-state index is 11.7. The Labute approximate surface area is 113 Å². The van der Waals surface area contributed by atoms with Crippen LogP contribution in [0.5, 0.6) is 11.5 Å². The minimum Gasteiger partial charge on any atom is -0.493 e. The van der Waals surface area contributed by atoms with E-state index in [1.165, 1.54) is 7.11 Å². The van der Waals surface area contributed by atoms with Gasteiger partial charge in [-0.25, -0.2) is 0 Å². The molecule has 0 heterocycles. The van der Waals surface area contributed by atoms with Crippen molar-refractivity contribution >= 4 is 11.6 Å². The van der Waals surface area contributed by atoms with E-state index < -0.39 is 6.04 Å². The summed E-state index contributed by atoms with van der Waals surface area (Å²) in [6.07, 6.45) is 5.31. The highest BCUT2D eigenvalue weighted by Crippen LogP contribution is 2.30. The van der Waals surface area contributed by atoms with E-state index in [9.17, 15) is 4.79 Å². The lowest BCUT2D eigenvalue weighted by molar-refractivity contribution is -0.117. The van der Waals surface area contributed by atoms with Gasteiger partial charge in [-0.15, -0.1) is 12.3 Å². The summed E-state index contributed by atoms with van der Waals surface area (Å²) in [6.45, 7) is 2.42. The maximum Gasteiger partial charge on any atom is 0.242 e. The quantitative estimate of drug-likeness (QED) is 0.760. The van der Waals surface area contributed by atoms with Crippen molar-refractivity contribution < 1.29 is 14.3 Å². The van der Waals surface area contributed by atoms with Crippen molar-refractivity contribution in [3.05, 3.63) is 18.2 Å². The fourth-order valence-corrected chi connectivity index (χ4v) is 1.47. The first-order valence-electron chi connectivity index (χ1n) is 5.93. The Morgan fingerprint density at radius 1 is 1.53 bits per heavy atom. The van der Waals surface area contributed by atoms with Gasteiger partial charge in [0.2, 0.25) is 5.91 Å². The average molecular weight is 262 g/mol. The molecule has 0 bridgehead atoms. The number of terminal acetylenes is 1. The average Bonchev–Trinajstić information content (AvgIpc) is 2.41. The number of nitrogens with one attached hydrogen (secondary N) is 1. The molecule has 0 aliphatic heterocycles. The number of benzene rings is 1. The van der Waals surface area contributed by atoms with E-state index in [0.717, 1.165) is 0 Å². The Bertz CT molecular complexity index is 480. The molecule has 0 saturated carbocycles. The minimum absolute atomic E-state index is 0.194. The Kier molecular flexibility index (Phi) is 5.71. The van der Waals surface area contributed by atoms with Crippen molar-refractivity contribution in [2.75, 3.05) is 19.0 Å². The van der Waals surface area contributed by atoms with E-state index in [2.05, 4.69) is 11.2 Å². The number of carbonyl (C=O) groups excluding carboxylic acids is 1. The van der Waals surface area contributed by atoms with E-state index in [1.54, 1.807) is 18.2 Å². The second-order valence-corrected chi connectivity index (χ2v) is 3.80. The zero-order valence-corrected chi connectivity index (χ0v) is 11.1. The summed E-state index contributed by atoms with van der Waals surface area (Å²) in [6, 6.07) is 4.40. The van der Waals surface area contributed by atoms with Crippen LogP contribution >= 0.6 is 0 Å². The normalized spacial score (nSPS) is 11.3. The number of anilines is 1. The summed E-state index contributed by atoms with van der Waals surface area (Å²) in [4.78, 5) is 11.7. The van der Waals surface area contributed by atoms with Gasteiger partial charge in [0.25, 0.3) is 0 Å². The zero-order valence-electron chi connectivity index (χ0n) is 11.1. The molecule has 5 nitrogen and oxygen atoms in total. The molecule has 3 N–H and O–H groups in total. The SMILES string of the molecule is C#CCC(N)C(=O)Nc1ccc(OCC)c(OC)c1. The first-order valence-corrected chi connectivity index (χ1v) is 5.93. The molecule has 1 amide bonds. The van der Waals surface area contributed by atoms with Crippen molar-refractivity contribution in [3.63, 3.8) is 0 Å². The predicted octanol–water partition coefficient (Wildman–Crippen LogP) is 1.38. The molecule has 1 atom stereocenters. The van der Waals surface area contributed by atoms with Crippen molar-refractivity contribution in [2.24, 2.45) is 5.73 Å². The molecule has 0 aliphatic rings. The van der Waals surface area contributed by atoms with Crippen LogP contribution in [-0.2, 0) is 4.79 Å². The number of rotatable bonds is 6. The number of hydrogen-bond donors (Lipinski definition) is 2. The number of carbonyl (C=O) groups is 1. The molecule has 0 radical (unpaired) electrons. The lowest BCUT2D eigenvalue weighted by Gasteiger charge is -2.13. The van der Waals surface area contributed by atoms with Gasteiger partial charge in [0.05, 0.1) is 19.8 Å². The molecule has 0 spiro atoms. The molecule has 1 aromatic rings. The molecular weight excluding hydrogens is 244 g/mol. The van der Waals surface area contributed by atoms with Crippen molar-refractivity contribution in [1.29, 1.82) is 0 Å². The van der Waals surface area contributed by atoms with Gasteiger partial charge in [-0.3, -0.25) is 4.79 Å². The number of methoxy groups -OCH3 is 1. The summed E-state index contributed by atoms with van der Waals surface area (Å²) in [5.74, 6) is 3.19. The third-order valence-electron chi connectivity index (χ3n) is 2.41. The molecule has 1 aromatic carbocycles. The topological polar surface area (TPSA) is 73.6 Å². The van der Waals surface area contributed by atoms with Gasteiger partial charge >= 0.3 is 0 Å². The van der Waals surface area contributed by atoms with Crippen LogP contribution in [0.25, 0.3) is 0 Å². The lowest BCUT2D eigenvalue weighted by atomic mass is 10.2. The van der Waals surface area contributed by atoms with Gasteiger partial charge in [-0.05, 0) is 19.1 Å². The van der Waals surface area contributed by atoms with E-state index in [1.807, 2.05) is 6.92 Å². The highest BCUT2D eigenvalue weighted by molar-refractivity contribution is 5.95. The second kappa shape index (κ2) is 7.29. The summed E-state index contributed by atoms with van der Waals surface area (Å²) in [5, 5.41) is 2.68. The Balaban J connectivity index is 2.80. The molecule has 5 heteroatoms. The molecule has 0 saturated heterocycles. The summed E-state index contributed by atoms with van der Waals surface area (Å²) < 4.78 is 10.6. The van der Waals surface area contributed by atoms with Crippen LogP contribution in [0.3, 0.4) is 0 Å². The molecule has 102 valence electrons. The van der Waals surface area contributed by atoms with E-state index in [4.69, 9.17) is 21.6 Å². The Morgan fingerprint density at radius 2 is 2.26 bits per heavy atom. The van der Waals surface area contributed by atoms with Crippen LogP contribution in [0.1, 0.15) is 13.3 Å². The van der Waals surface area contributed by atoms with Crippen molar-refractivity contribution in [3.8, 4) is 23.8 Å². The van der Waals surface area contributed by atoms with Crippen LogP contribution in [-0.4, -0.2) is 25.7 Å². The Morgan fingerprint density at radius 3 is 2.84 bits per heavy atom. The van der Waals surface area contributed by atoms with Crippen molar-refractivity contribution in [2.45, 2.75) is 19.4 Å². The third kappa shape index (κ3) is 4.19. The van der Waals surface area contributed by atoms with Gasteiger partial charge in [0, 0.05) is 18.2 Å². The molecule has 19 heavy (non-hydrogen) atoms. The van der Waals surface area contributed by atoms with Crippen LogP contribution in [0.2, 0.25) is 0 Å². The zero-order chi connectivity index (χ0) is 14.3. The third-order valence-corrected chi connectivity index (χ3v) is 2.41. The molecule has 1 rings (SSSR count). The van der Waals surface area contributed by atoms with Gasteiger partial charge in [-0.2, -0.15) is 0 Å². The number of nitrogens with two attached hydrogens (primary N) is 1. The summed E-state index contributed by atoms with van der Waals surface area (Å²) in [5.41, 5.74) is 6.19. The van der Waals surface area contributed by atoms with E-state index >= 15 is 0 Å². The van der Waals surface area contributed by atoms with E-state index in [-0.39, 0.29) is 12.3 Å². The molecular formula is C14H18N2O3.